The summed E-state index contributed by atoms with van der Waals surface area (Å²) in [6, 6.07) is 72.4. The monoisotopic (exact) mass is 702 g/mol. The minimum absolute atomic E-state index is 0.621. The molecule has 0 spiro atoms. The third-order valence-corrected chi connectivity index (χ3v) is 10.2. The van der Waals surface area contributed by atoms with Gasteiger partial charge >= 0.3 is 0 Å². The standard InChI is InChI=1S/C51H34N4/c1-5-17-35(18-6-1)40-31-41(33-42(32-40)55-47-27-15-13-25-44(47)45-26-14-16-28-48(45)55)46-34-39(29-30-43(46)36-19-7-2-8-20-36)51-53-49(37-21-9-3-10-22-37)52-50(54-51)38-23-11-4-12-24-38/h1-34H. The summed E-state index contributed by atoms with van der Waals surface area (Å²) in [5.41, 5.74) is 13.0. The van der Waals surface area contributed by atoms with E-state index in [9.17, 15) is 0 Å². The number of nitrogens with zero attached hydrogens (tertiary/aromatic N) is 4. The van der Waals surface area contributed by atoms with E-state index >= 15 is 0 Å². The maximum atomic E-state index is 5.10. The molecule has 0 bridgehead atoms. The molecule has 258 valence electrons. The van der Waals surface area contributed by atoms with E-state index in [4.69, 9.17) is 15.0 Å². The minimum Gasteiger partial charge on any atom is -0.309 e. The highest BCUT2D eigenvalue weighted by atomic mass is 15.0. The maximum absolute atomic E-state index is 5.10. The van der Waals surface area contributed by atoms with Gasteiger partial charge < -0.3 is 4.57 Å². The van der Waals surface area contributed by atoms with Crippen LogP contribution in [0.1, 0.15) is 0 Å². The van der Waals surface area contributed by atoms with Gasteiger partial charge in [-0.3, -0.25) is 0 Å². The molecule has 0 amide bonds. The van der Waals surface area contributed by atoms with Crippen LogP contribution in [0.15, 0.2) is 206 Å². The summed E-state index contributed by atoms with van der Waals surface area (Å²) >= 11 is 0. The van der Waals surface area contributed by atoms with Gasteiger partial charge in [0.2, 0.25) is 0 Å². The summed E-state index contributed by atoms with van der Waals surface area (Å²) in [5.74, 6) is 1.89. The predicted molar refractivity (Wildman–Crippen MR) is 227 cm³/mol. The molecule has 0 aliphatic rings. The average molecular weight is 703 g/mol. The molecule has 0 saturated heterocycles. The Morgan fingerprint density at radius 2 is 0.709 bits per heavy atom. The molecule has 2 heterocycles. The summed E-state index contributed by atoms with van der Waals surface area (Å²) < 4.78 is 2.40. The molecule has 0 fully saturated rings. The Balaban J connectivity index is 1.24. The van der Waals surface area contributed by atoms with E-state index in [0.29, 0.717) is 17.5 Å². The summed E-state index contributed by atoms with van der Waals surface area (Å²) in [5, 5.41) is 2.46. The van der Waals surface area contributed by atoms with Crippen LogP contribution < -0.4 is 0 Å². The second-order valence-corrected chi connectivity index (χ2v) is 13.7. The van der Waals surface area contributed by atoms with Gasteiger partial charge in [0, 0.05) is 33.2 Å². The molecular formula is C51H34N4. The summed E-state index contributed by atoms with van der Waals surface area (Å²) in [6.45, 7) is 0. The number of hydrogen-bond acceptors (Lipinski definition) is 3. The molecule has 10 rings (SSSR count). The maximum Gasteiger partial charge on any atom is 0.164 e. The van der Waals surface area contributed by atoms with E-state index in [-0.39, 0.29) is 0 Å². The average Bonchev–Trinajstić information content (AvgIpc) is 3.61. The fourth-order valence-corrected chi connectivity index (χ4v) is 7.62. The van der Waals surface area contributed by atoms with Gasteiger partial charge in [0.25, 0.3) is 0 Å². The zero-order valence-electron chi connectivity index (χ0n) is 29.9. The topological polar surface area (TPSA) is 43.6 Å². The minimum atomic E-state index is 0.621. The lowest BCUT2D eigenvalue weighted by Crippen LogP contribution is -2.00. The molecule has 55 heavy (non-hydrogen) atoms. The van der Waals surface area contributed by atoms with Gasteiger partial charge in [-0.15, -0.1) is 0 Å². The predicted octanol–water partition coefficient (Wildman–Crippen LogP) is 13.0. The van der Waals surface area contributed by atoms with Crippen molar-refractivity contribution in [1.82, 2.24) is 19.5 Å². The molecule has 0 unspecified atom stereocenters. The number of rotatable bonds is 7. The fraction of sp³-hybridized carbons (Fsp3) is 0. The van der Waals surface area contributed by atoms with Crippen LogP contribution in [0.2, 0.25) is 0 Å². The molecule has 0 aliphatic heterocycles. The van der Waals surface area contributed by atoms with Crippen molar-refractivity contribution in [3.63, 3.8) is 0 Å². The van der Waals surface area contributed by atoms with Crippen LogP contribution in [0.5, 0.6) is 0 Å². The lowest BCUT2D eigenvalue weighted by atomic mass is 9.90. The summed E-state index contributed by atoms with van der Waals surface area (Å²) in [6.07, 6.45) is 0. The second-order valence-electron chi connectivity index (χ2n) is 13.7. The number of benzene rings is 8. The molecule has 0 radical (unpaired) electrons. The van der Waals surface area contributed by atoms with Gasteiger partial charge in [-0.1, -0.05) is 170 Å². The highest BCUT2D eigenvalue weighted by Crippen LogP contribution is 2.40. The molecule has 0 N–H and O–H groups in total. The van der Waals surface area contributed by atoms with Crippen molar-refractivity contribution in [3.05, 3.63) is 206 Å². The number of fused-ring (bicyclic) bond motifs is 3. The third kappa shape index (κ3) is 6.06. The van der Waals surface area contributed by atoms with E-state index in [1.165, 1.54) is 21.8 Å². The Labute approximate surface area is 319 Å². The zero-order valence-corrected chi connectivity index (χ0v) is 29.9. The first-order valence-corrected chi connectivity index (χ1v) is 18.5. The van der Waals surface area contributed by atoms with Gasteiger partial charge in [-0.05, 0) is 69.8 Å². The lowest BCUT2D eigenvalue weighted by molar-refractivity contribution is 1.07. The first-order chi connectivity index (χ1) is 27.3. The van der Waals surface area contributed by atoms with Gasteiger partial charge in [-0.25, -0.2) is 15.0 Å². The van der Waals surface area contributed by atoms with E-state index in [1.54, 1.807) is 0 Å². The zero-order chi connectivity index (χ0) is 36.6. The van der Waals surface area contributed by atoms with Crippen LogP contribution in [0.3, 0.4) is 0 Å². The molecule has 10 aromatic rings. The van der Waals surface area contributed by atoms with Gasteiger partial charge in [0.15, 0.2) is 17.5 Å². The van der Waals surface area contributed by atoms with E-state index in [0.717, 1.165) is 55.8 Å². The number of aromatic nitrogens is 4. The van der Waals surface area contributed by atoms with Crippen LogP contribution in [0.25, 0.3) is 95.0 Å². The van der Waals surface area contributed by atoms with Crippen molar-refractivity contribution in [1.29, 1.82) is 0 Å². The molecule has 8 aromatic carbocycles. The molecular weight excluding hydrogens is 669 g/mol. The van der Waals surface area contributed by atoms with Crippen LogP contribution in [0.4, 0.5) is 0 Å². The van der Waals surface area contributed by atoms with Crippen molar-refractivity contribution in [2.45, 2.75) is 0 Å². The fourth-order valence-electron chi connectivity index (χ4n) is 7.62. The van der Waals surface area contributed by atoms with Crippen molar-refractivity contribution in [3.8, 4) is 73.2 Å². The Bertz CT molecular complexity index is 2840. The second kappa shape index (κ2) is 13.8. The third-order valence-electron chi connectivity index (χ3n) is 10.2. The van der Waals surface area contributed by atoms with Crippen molar-refractivity contribution in [2.24, 2.45) is 0 Å². The number of para-hydroxylation sites is 2. The molecule has 4 heteroatoms. The van der Waals surface area contributed by atoms with Gasteiger partial charge in [-0.2, -0.15) is 0 Å². The molecule has 0 atom stereocenters. The van der Waals surface area contributed by atoms with E-state index in [1.807, 2.05) is 60.7 Å². The van der Waals surface area contributed by atoms with Gasteiger partial charge in [0.05, 0.1) is 11.0 Å². The van der Waals surface area contributed by atoms with E-state index in [2.05, 4.69) is 150 Å². The van der Waals surface area contributed by atoms with Crippen molar-refractivity contribution < 1.29 is 0 Å². The quantitative estimate of drug-likeness (QED) is 0.166. The smallest absolute Gasteiger partial charge is 0.164 e. The van der Waals surface area contributed by atoms with Crippen LogP contribution in [-0.4, -0.2) is 19.5 Å². The van der Waals surface area contributed by atoms with Crippen LogP contribution in [0, 0.1) is 0 Å². The van der Waals surface area contributed by atoms with Crippen molar-refractivity contribution >= 4 is 21.8 Å². The Morgan fingerprint density at radius 3 is 1.25 bits per heavy atom. The Hall–Kier alpha value is -7.43. The number of hydrogen-bond donors (Lipinski definition) is 0. The van der Waals surface area contributed by atoms with Crippen LogP contribution in [-0.2, 0) is 0 Å². The lowest BCUT2D eigenvalue weighted by Gasteiger charge is -2.17. The van der Waals surface area contributed by atoms with Crippen LogP contribution >= 0.6 is 0 Å². The first kappa shape index (κ1) is 32.2. The molecule has 4 nitrogen and oxygen atoms in total. The SMILES string of the molecule is c1ccc(-c2cc(-c3cc(-c4nc(-c5ccccc5)nc(-c5ccccc5)n4)ccc3-c3ccccc3)cc(-n3c4ccccc4c4ccccc43)c2)cc1. The summed E-state index contributed by atoms with van der Waals surface area (Å²) in [4.78, 5) is 15.2. The summed E-state index contributed by atoms with van der Waals surface area (Å²) in [7, 11) is 0. The molecule has 0 aliphatic carbocycles. The highest BCUT2D eigenvalue weighted by molar-refractivity contribution is 6.09. The van der Waals surface area contributed by atoms with E-state index < -0.39 is 0 Å². The van der Waals surface area contributed by atoms with Gasteiger partial charge in [0.1, 0.15) is 0 Å². The van der Waals surface area contributed by atoms with Crippen molar-refractivity contribution in [2.75, 3.05) is 0 Å². The molecule has 2 aromatic heterocycles. The highest BCUT2D eigenvalue weighted by Gasteiger charge is 2.18. The Kier molecular flexibility index (Phi) is 8.12. The largest absolute Gasteiger partial charge is 0.309 e. The normalized spacial score (nSPS) is 11.3. The first-order valence-electron chi connectivity index (χ1n) is 18.5. The molecule has 0 saturated carbocycles. The Morgan fingerprint density at radius 1 is 0.273 bits per heavy atom.